The molecule has 1 aliphatic rings. The summed E-state index contributed by atoms with van der Waals surface area (Å²) in [5, 5.41) is 12.0. The van der Waals surface area contributed by atoms with Gasteiger partial charge in [-0.05, 0) is 47.4 Å². The van der Waals surface area contributed by atoms with Gasteiger partial charge in [-0.25, -0.2) is 0 Å². The van der Waals surface area contributed by atoms with E-state index in [0.29, 0.717) is 0 Å². The molecular formula is C29H27NO3. The van der Waals surface area contributed by atoms with Crippen LogP contribution in [0.15, 0.2) is 84.9 Å². The molecule has 0 bridgehead atoms. The Labute approximate surface area is 194 Å². The molecule has 5 rings (SSSR count). The zero-order chi connectivity index (χ0) is 23.0. The third-order valence-electron chi connectivity index (χ3n) is 6.36. The van der Waals surface area contributed by atoms with Crippen molar-refractivity contribution >= 4 is 22.5 Å². The quantitative estimate of drug-likeness (QED) is 0.431. The number of fused-ring (bicyclic) bond motifs is 3. The second-order valence-corrected chi connectivity index (χ2v) is 8.50. The van der Waals surface area contributed by atoms with Gasteiger partial charge in [0, 0.05) is 41.9 Å². The molecule has 0 saturated heterocycles. The van der Waals surface area contributed by atoms with Crippen LogP contribution in [0.25, 0.3) is 16.8 Å². The van der Waals surface area contributed by atoms with Crippen LogP contribution < -0.4 is 14.4 Å². The molecule has 4 aromatic rings. The fourth-order valence-electron chi connectivity index (χ4n) is 4.53. The van der Waals surface area contributed by atoms with Gasteiger partial charge in [-0.1, -0.05) is 54.6 Å². The van der Waals surface area contributed by atoms with E-state index >= 15 is 0 Å². The lowest BCUT2D eigenvalue weighted by atomic mass is 9.82. The van der Waals surface area contributed by atoms with E-state index in [0.717, 1.165) is 50.2 Å². The van der Waals surface area contributed by atoms with E-state index in [1.807, 2.05) is 56.6 Å². The summed E-state index contributed by atoms with van der Waals surface area (Å²) in [5.74, 6) is 1.51. The van der Waals surface area contributed by atoms with Crippen molar-refractivity contribution in [1.29, 1.82) is 0 Å². The largest absolute Gasteiger partial charge is 0.497 e. The molecular weight excluding hydrogens is 410 g/mol. The molecule has 0 spiro atoms. The van der Waals surface area contributed by atoms with E-state index in [9.17, 15) is 5.11 Å². The number of hydrogen-bond donors (Lipinski definition) is 1. The van der Waals surface area contributed by atoms with Gasteiger partial charge >= 0.3 is 0 Å². The Morgan fingerprint density at radius 1 is 0.909 bits per heavy atom. The maximum Gasteiger partial charge on any atom is 0.178 e. The monoisotopic (exact) mass is 437 g/mol. The first-order valence-corrected chi connectivity index (χ1v) is 11.0. The number of aliphatic hydroxyl groups is 1. The average molecular weight is 438 g/mol. The Bertz CT molecular complexity index is 1330. The zero-order valence-electron chi connectivity index (χ0n) is 19.1. The van der Waals surface area contributed by atoms with Gasteiger partial charge in [-0.2, -0.15) is 0 Å². The number of nitrogens with zero attached hydrogens (tertiary/aromatic N) is 1. The molecule has 1 N–H and O–H groups in total. The Morgan fingerprint density at radius 2 is 1.64 bits per heavy atom. The summed E-state index contributed by atoms with van der Waals surface area (Å²) >= 11 is 0. The van der Waals surface area contributed by atoms with Crippen molar-refractivity contribution in [2.75, 3.05) is 26.1 Å². The van der Waals surface area contributed by atoms with Crippen LogP contribution in [0.4, 0.5) is 5.69 Å². The van der Waals surface area contributed by atoms with Crippen molar-refractivity contribution in [2.45, 2.75) is 12.2 Å². The van der Waals surface area contributed by atoms with Gasteiger partial charge in [0.25, 0.3) is 0 Å². The van der Waals surface area contributed by atoms with Crippen LogP contribution in [0.1, 0.15) is 22.3 Å². The molecule has 0 radical (unpaired) electrons. The molecule has 1 heterocycles. The lowest BCUT2D eigenvalue weighted by Crippen LogP contribution is -2.34. The van der Waals surface area contributed by atoms with Crippen molar-refractivity contribution in [3.05, 3.63) is 107 Å². The normalized spacial score (nSPS) is 16.8. The molecule has 166 valence electrons. The summed E-state index contributed by atoms with van der Waals surface area (Å²) < 4.78 is 12.5. The van der Waals surface area contributed by atoms with Crippen LogP contribution in [0.5, 0.6) is 11.5 Å². The van der Waals surface area contributed by atoms with Crippen LogP contribution in [0, 0.1) is 0 Å². The van der Waals surface area contributed by atoms with Gasteiger partial charge in [0.05, 0.1) is 13.7 Å². The van der Waals surface area contributed by atoms with E-state index in [1.165, 1.54) is 0 Å². The highest BCUT2D eigenvalue weighted by Crippen LogP contribution is 2.47. The van der Waals surface area contributed by atoms with Crippen molar-refractivity contribution in [1.82, 2.24) is 0 Å². The fraction of sp³-hybridized carbons (Fsp3) is 0.172. The third kappa shape index (κ3) is 3.53. The van der Waals surface area contributed by atoms with Gasteiger partial charge in [0.15, 0.2) is 5.60 Å². The SMILES string of the molecule is COc1ccc2cc(CO)c3c(c2c1)OC(c1ccccc1)(c1ccc(N(C)C)cc1)C=C3. The highest BCUT2D eigenvalue weighted by molar-refractivity contribution is 5.95. The Morgan fingerprint density at radius 3 is 2.30 bits per heavy atom. The van der Waals surface area contributed by atoms with Gasteiger partial charge in [-0.15, -0.1) is 0 Å². The maximum absolute atomic E-state index is 10.1. The number of methoxy groups -OCH3 is 1. The van der Waals surface area contributed by atoms with Crippen LogP contribution in [0.2, 0.25) is 0 Å². The highest BCUT2D eigenvalue weighted by atomic mass is 16.5. The summed E-state index contributed by atoms with van der Waals surface area (Å²) in [6.45, 7) is -0.0616. The van der Waals surface area contributed by atoms with E-state index in [4.69, 9.17) is 9.47 Å². The van der Waals surface area contributed by atoms with Crippen LogP contribution in [0.3, 0.4) is 0 Å². The molecule has 0 amide bonds. The summed E-state index contributed by atoms with van der Waals surface area (Å²) in [7, 11) is 5.73. The molecule has 0 aromatic heterocycles. The zero-order valence-corrected chi connectivity index (χ0v) is 19.1. The minimum atomic E-state index is -0.802. The van der Waals surface area contributed by atoms with Gasteiger partial charge in [0.1, 0.15) is 11.5 Å². The molecule has 1 atom stereocenters. The lowest BCUT2D eigenvalue weighted by Gasteiger charge is -2.37. The van der Waals surface area contributed by atoms with E-state index in [1.54, 1.807) is 7.11 Å². The smallest absolute Gasteiger partial charge is 0.178 e. The molecule has 0 fully saturated rings. The van der Waals surface area contributed by atoms with Gasteiger partial charge in [-0.3, -0.25) is 0 Å². The van der Waals surface area contributed by atoms with Gasteiger partial charge in [0.2, 0.25) is 0 Å². The number of rotatable bonds is 5. The molecule has 0 saturated carbocycles. The second kappa shape index (κ2) is 8.30. The average Bonchev–Trinajstić information content (AvgIpc) is 2.88. The molecule has 4 aromatic carbocycles. The van der Waals surface area contributed by atoms with Crippen molar-refractivity contribution in [3.63, 3.8) is 0 Å². The molecule has 1 unspecified atom stereocenters. The van der Waals surface area contributed by atoms with Crippen molar-refractivity contribution < 1.29 is 14.6 Å². The van der Waals surface area contributed by atoms with E-state index < -0.39 is 5.60 Å². The predicted molar refractivity (Wildman–Crippen MR) is 134 cm³/mol. The van der Waals surface area contributed by atoms with Crippen LogP contribution in [-0.2, 0) is 12.2 Å². The number of benzene rings is 4. The summed E-state index contributed by atoms with van der Waals surface area (Å²) in [6.07, 6.45) is 4.18. The molecule has 4 nitrogen and oxygen atoms in total. The predicted octanol–water partition coefficient (Wildman–Crippen LogP) is 5.76. The standard InChI is InChI=1S/C29H27NO3/c1-30(2)24-12-10-23(11-13-24)29(22-7-5-4-6-8-22)16-15-26-21(19-31)17-20-9-14-25(32-3)18-27(20)28(26)33-29/h4-18,31H,19H2,1-3H3. The first kappa shape index (κ1) is 21.1. The first-order chi connectivity index (χ1) is 16.1. The van der Waals surface area contributed by atoms with E-state index in [-0.39, 0.29) is 6.61 Å². The Balaban J connectivity index is 1.76. The number of anilines is 1. The number of aliphatic hydroxyl groups excluding tert-OH is 1. The van der Waals surface area contributed by atoms with E-state index in [2.05, 4.69) is 53.5 Å². The first-order valence-electron chi connectivity index (χ1n) is 11.0. The topological polar surface area (TPSA) is 41.9 Å². The lowest BCUT2D eigenvalue weighted by molar-refractivity contribution is 0.163. The highest BCUT2D eigenvalue weighted by Gasteiger charge is 2.38. The summed E-state index contributed by atoms with van der Waals surface area (Å²) in [6, 6.07) is 26.7. The second-order valence-electron chi connectivity index (χ2n) is 8.50. The molecule has 33 heavy (non-hydrogen) atoms. The molecule has 0 aliphatic carbocycles. The minimum absolute atomic E-state index is 0.0616. The Hall–Kier alpha value is -3.76. The minimum Gasteiger partial charge on any atom is -0.497 e. The van der Waals surface area contributed by atoms with Crippen molar-refractivity contribution in [2.24, 2.45) is 0 Å². The third-order valence-corrected chi connectivity index (χ3v) is 6.36. The van der Waals surface area contributed by atoms with Gasteiger partial charge < -0.3 is 19.5 Å². The molecule has 4 heteroatoms. The van der Waals surface area contributed by atoms with Crippen LogP contribution in [-0.4, -0.2) is 26.3 Å². The number of hydrogen-bond acceptors (Lipinski definition) is 4. The maximum atomic E-state index is 10.1. The molecule has 1 aliphatic heterocycles. The number of ether oxygens (including phenoxy) is 2. The Kier molecular flexibility index (Phi) is 5.31. The summed E-state index contributed by atoms with van der Waals surface area (Å²) in [5.41, 5.74) is 4.13. The summed E-state index contributed by atoms with van der Waals surface area (Å²) in [4.78, 5) is 2.08. The fourth-order valence-corrected chi connectivity index (χ4v) is 4.53. The van der Waals surface area contributed by atoms with Crippen molar-refractivity contribution in [3.8, 4) is 11.5 Å². The van der Waals surface area contributed by atoms with Crippen LogP contribution >= 0.6 is 0 Å².